The number of fused-ring (bicyclic) bond motifs is 2. The minimum Gasteiger partial charge on any atom is -0.327 e. The standard InChI is InChI=1S/C13H13FN2O2/c1-15-10-5-4-8(14)7-9(10)12(17)16-6-2-3-11(16)13(15)18/h4-5,7,11H,2-3,6H2,1H3. The van der Waals surface area contributed by atoms with Crippen molar-refractivity contribution < 1.29 is 14.0 Å². The monoisotopic (exact) mass is 248 g/mol. The first kappa shape index (κ1) is 11.2. The molecule has 0 N–H and O–H groups in total. The Morgan fingerprint density at radius 3 is 2.89 bits per heavy atom. The Kier molecular flexibility index (Phi) is 2.36. The highest BCUT2D eigenvalue weighted by atomic mass is 19.1. The molecule has 1 unspecified atom stereocenters. The van der Waals surface area contributed by atoms with Crippen LogP contribution in [0.4, 0.5) is 10.1 Å². The molecule has 5 heteroatoms. The van der Waals surface area contributed by atoms with E-state index in [1.54, 1.807) is 11.9 Å². The first-order chi connectivity index (χ1) is 8.59. The molecule has 2 aliphatic heterocycles. The Morgan fingerprint density at radius 2 is 2.11 bits per heavy atom. The molecule has 2 aliphatic rings. The van der Waals surface area contributed by atoms with Crippen LogP contribution in [0.1, 0.15) is 23.2 Å². The molecule has 2 heterocycles. The summed E-state index contributed by atoms with van der Waals surface area (Å²) in [6.45, 7) is 0.568. The summed E-state index contributed by atoms with van der Waals surface area (Å²) in [5.74, 6) is -0.795. The third-order valence-electron chi connectivity index (χ3n) is 3.68. The van der Waals surface area contributed by atoms with Gasteiger partial charge in [-0.15, -0.1) is 0 Å². The van der Waals surface area contributed by atoms with Crippen molar-refractivity contribution in [3.8, 4) is 0 Å². The molecule has 4 nitrogen and oxygen atoms in total. The van der Waals surface area contributed by atoms with E-state index in [0.717, 1.165) is 6.42 Å². The normalized spacial score (nSPS) is 22.9. The lowest BCUT2D eigenvalue weighted by atomic mass is 10.1. The van der Waals surface area contributed by atoms with Crippen LogP contribution in [0.15, 0.2) is 18.2 Å². The topological polar surface area (TPSA) is 40.6 Å². The molecule has 3 rings (SSSR count). The highest BCUT2D eigenvalue weighted by Gasteiger charge is 2.40. The van der Waals surface area contributed by atoms with Crippen LogP contribution >= 0.6 is 0 Å². The maximum atomic E-state index is 13.3. The number of halogens is 1. The molecule has 18 heavy (non-hydrogen) atoms. The van der Waals surface area contributed by atoms with Crippen LogP contribution in [-0.4, -0.2) is 36.3 Å². The maximum absolute atomic E-state index is 13.3. The molecule has 0 spiro atoms. The van der Waals surface area contributed by atoms with E-state index < -0.39 is 11.9 Å². The van der Waals surface area contributed by atoms with Gasteiger partial charge in [0.25, 0.3) is 5.91 Å². The molecule has 1 saturated heterocycles. The molecule has 0 aliphatic carbocycles. The molecule has 0 saturated carbocycles. The van der Waals surface area contributed by atoms with Crippen molar-refractivity contribution in [2.75, 3.05) is 18.5 Å². The largest absolute Gasteiger partial charge is 0.327 e. The van der Waals surface area contributed by atoms with Gasteiger partial charge >= 0.3 is 0 Å². The van der Waals surface area contributed by atoms with Gasteiger partial charge in [0.05, 0.1) is 11.3 Å². The van der Waals surface area contributed by atoms with Gasteiger partial charge in [-0.1, -0.05) is 0 Å². The van der Waals surface area contributed by atoms with Gasteiger partial charge < -0.3 is 9.80 Å². The predicted octanol–water partition coefficient (Wildman–Crippen LogP) is 1.41. The fraction of sp³-hybridized carbons (Fsp3) is 0.385. The number of carbonyl (C=O) groups excluding carboxylic acids is 2. The van der Waals surface area contributed by atoms with Crippen molar-refractivity contribution in [3.63, 3.8) is 0 Å². The van der Waals surface area contributed by atoms with Gasteiger partial charge in [0, 0.05) is 13.6 Å². The van der Waals surface area contributed by atoms with Crippen molar-refractivity contribution in [1.82, 2.24) is 4.90 Å². The van der Waals surface area contributed by atoms with Crippen molar-refractivity contribution in [1.29, 1.82) is 0 Å². The van der Waals surface area contributed by atoms with E-state index in [0.29, 0.717) is 18.7 Å². The van der Waals surface area contributed by atoms with E-state index in [9.17, 15) is 14.0 Å². The smallest absolute Gasteiger partial charge is 0.256 e. The summed E-state index contributed by atoms with van der Waals surface area (Å²) in [6.07, 6.45) is 1.51. The minimum atomic E-state index is -0.458. The zero-order valence-corrected chi connectivity index (χ0v) is 10.0. The van der Waals surface area contributed by atoms with Gasteiger partial charge in [-0.05, 0) is 31.0 Å². The molecule has 1 aromatic rings. The molecule has 1 atom stereocenters. The molecular weight excluding hydrogens is 235 g/mol. The summed E-state index contributed by atoms with van der Waals surface area (Å²) in [4.78, 5) is 27.6. The summed E-state index contributed by atoms with van der Waals surface area (Å²) < 4.78 is 13.3. The number of benzene rings is 1. The highest BCUT2D eigenvalue weighted by Crippen LogP contribution is 2.31. The Morgan fingerprint density at radius 1 is 1.33 bits per heavy atom. The maximum Gasteiger partial charge on any atom is 0.256 e. The molecule has 1 fully saturated rings. The van der Waals surface area contributed by atoms with Crippen LogP contribution in [0, 0.1) is 5.82 Å². The first-order valence-electron chi connectivity index (χ1n) is 5.97. The highest BCUT2D eigenvalue weighted by molar-refractivity contribution is 6.10. The fourth-order valence-electron chi connectivity index (χ4n) is 2.74. The minimum absolute atomic E-state index is 0.0915. The van der Waals surface area contributed by atoms with Gasteiger partial charge in [0.2, 0.25) is 5.91 Å². The third-order valence-corrected chi connectivity index (χ3v) is 3.68. The van der Waals surface area contributed by atoms with Crippen molar-refractivity contribution in [3.05, 3.63) is 29.6 Å². The Bertz CT molecular complexity index is 544. The van der Waals surface area contributed by atoms with E-state index in [1.807, 2.05) is 0 Å². The van der Waals surface area contributed by atoms with Gasteiger partial charge in [0.15, 0.2) is 0 Å². The number of hydrogen-bond donors (Lipinski definition) is 0. The summed E-state index contributed by atoms with van der Waals surface area (Å²) in [6, 6.07) is 3.58. The number of rotatable bonds is 0. The third kappa shape index (κ3) is 1.43. The second-order valence-corrected chi connectivity index (χ2v) is 4.72. The zero-order chi connectivity index (χ0) is 12.9. The van der Waals surface area contributed by atoms with E-state index >= 15 is 0 Å². The number of anilines is 1. The van der Waals surface area contributed by atoms with Crippen LogP contribution in [0.2, 0.25) is 0 Å². The summed E-state index contributed by atoms with van der Waals surface area (Å²) in [5.41, 5.74) is 0.760. The number of nitrogens with zero attached hydrogens (tertiary/aromatic N) is 2. The van der Waals surface area contributed by atoms with Crippen molar-refractivity contribution in [2.24, 2.45) is 0 Å². The number of amides is 2. The van der Waals surface area contributed by atoms with E-state index in [2.05, 4.69) is 0 Å². The average molecular weight is 248 g/mol. The van der Waals surface area contributed by atoms with Crippen LogP contribution in [0.3, 0.4) is 0 Å². The van der Waals surface area contributed by atoms with E-state index in [4.69, 9.17) is 0 Å². The van der Waals surface area contributed by atoms with Gasteiger partial charge in [-0.25, -0.2) is 4.39 Å². The average Bonchev–Trinajstić information content (AvgIpc) is 2.82. The van der Waals surface area contributed by atoms with E-state index in [1.165, 1.54) is 23.1 Å². The van der Waals surface area contributed by atoms with Crippen LogP contribution in [-0.2, 0) is 4.79 Å². The Labute approximate surface area is 104 Å². The zero-order valence-electron chi connectivity index (χ0n) is 10.0. The molecule has 0 bridgehead atoms. The molecule has 0 radical (unpaired) electrons. The summed E-state index contributed by atoms with van der Waals surface area (Å²) in [7, 11) is 1.63. The first-order valence-corrected chi connectivity index (χ1v) is 5.97. The van der Waals surface area contributed by atoms with Crippen molar-refractivity contribution >= 4 is 17.5 Å². The quantitative estimate of drug-likeness (QED) is 0.696. The van der Waals surface area contributed by atoms with Gasteiger partial charge in [-0.2, -0.15) is 0 Å². The van der Waals surface area contributed by atoms with Gasteiger partial charge in [0.1, 0.15) is 11.9 Å². The number of hydrogen-bond acceptors (Lipinski definition) is 2. The number of carbonyl (C=O) groups is 2. The van der Waals surface area contributed by atoms with Crippen molar-refractivity contribution in [2.45, 2.75) is 18.9 Å². The molecule has 2 amide bonds. The number of likely N-dealkylation sites (N-methyl/N-ethyl adjacent to an activating group) is 1. The lowest BCUT2D eigenvalue weighted by molar-refractivity contribution is -0.121. The fourth-order valence-corrected chi connectivity index (χ4v) is 2.74. The van der Waals surface area contributed by atoms with Crippen LogP contribution in [0.25, 0.3) is 0 Å². The Hall–Kier alpha value is -1.91. The second kappa shape index (κ2) is 3.80. The molecule has 0 aromatic heterocycles. The van der Waals surface area contributed by atoms with Crippen LogP contribution in [0.5, 0.6) is 0 Å². The van der Waals surface area contributed by atoms with Gasteiger partial charge in [-0.3, -0.25) is 9.59 Å². The Balaban J connectivity index is 2.18. The lowest BCUT2D eigenvalue weighted by Gasteiger charge is -2.22. The summed E-state index contributed by atoms with van der Waals surface area (Å²) in [5, 5.41) is 0. The van der Waals surface area contributed by atoms with E-state index in [-0.39, 0.29) is 17.4 Å². The predicted molar refractivity (Wildman–Crippen MR) is 63.9 cm³/mol. The lowest BCUT2D eigenvalue weighted by Crippen LogP contribution is -2.43. The molecule has 1 aromatic carbocycles. The second-order valence-electron chi connectivity index (χ2n) is 4.72. The molecular formula is C13H13FN2O2. The summed E-state index contributed by atoms with van der Waals surface area (Å²) >= 11 is 0. The van der Waals surface area contributed by atoms with Crippen LogP contribution < -0.4 is 4.90 Å². The molecule has 94 valence electrons. The SMILES string of the molecule is CN1C(=O)C2CCCN2C(=O)c2cc(F)ccc21.